The fraction of sp³-hybridized carbons (Fsp3) is 0.500. The fourth-order valence-electron chi connectivity index (χ4n) is 1.26. The standard InChI is InChI=1S/C12H17FO3/c1-2-3-15-4-5-16-12-7-10(9-14)6-11(13)8-12/h6-8,14H,2-5,9H2,1H3. The first kappa shape index (κ1) is 12.9. The van der Waals surface area contributed by atoms with Crippen LogP contribution >= 0.6 is 0 Å². The Morgan fingerprint density at radius 2 is 2.00 bits per heavy atom. The van der Waals surface area contributed by atoms with Crippen molar-refractivity contribution in [3.8, 4) is 5.75 Å². The Bertz CT molecular complexity index is 315. The van der Waals surface area contributed by atoms with Gasteiger partial charge in [0.2, 0.25) is 0 Å². The molecule has 4 heteroatoms. The van der Waals surface area contributed by atoms with E-state index in [9.17, 15) is 4.39 Å². The van der Waals surface area contributed by atoms with Gasteiger partial charge in [-0.1, -0.05) is 6.92 Å². The molecule has 0 amide bonds. The summed E-state index contributed by atoms with van der Waals surface area (Å²) in [5.74, 6) is 0.0141. The van der Waals surface area contributed by atoms with Gasteiger partial charge in [-0.15, -0.1) is 0 Å². The van der Waals surface area contributed by atoms with Crippen LogP contribution in [0.5, 0.6) is 5.75 Å². The van der Waals surface area contributed by atoms with Crippen LogP contribution in [0.3, 0.4) is 0 Å². The van der Waals surface area contributed by atoms with E-state index in [1.165, 1.54) is 12.1 Å². The van der Waals surface area contributed by atoms with E-state index in [4.69, 9.17) is 14.6 Å². The van der Waals surface area contributed by atoms with Crippen molar-refractivity contribution in [3.63, 3.8) is 0 Å². The molecule has 0 unspecified atom stereocenters. The molecular weight excluding hydrogens is 211 g/mol. The topological polar surface area (TPSA) is 38.7 Å². The van der Waals surface area contributed by atoms with Gasteiger partial charge in [0.25, 0.3) is 0 Å². The van der Waals surface area contributed by atoms with Crippen LogP contribution in [-0.4, -0.2) is 24.9 Å². The third-order valence-corrected chi connectivity index (χ3v) is 1.96. The van der Waals surface area contributed by atoms with Crippen LogP contribution < -0.4 is 4.74 Å². The molecule has 1 rings (SSSR count). The quantitative estimate of drug-likeness (QED) is 0.726. The summed E-state index contributed by atoms with van der Waals surface area (Å²) < 4.78 is 23.5. The van der Waals surface area contributed by atoms with Crippen molar-refractivity contribution in [3.05, 3.63) is 29.6 Å². The Morgan fingerprint density at radius 3 is 2.69 bits per heavy atom. The lowest BCUT2D eigenvalue weighted by Crippen LogP contribution is -2.07. The second-order valence-corrected chi connectivity index (χ2v) is 3.41. The number of benzene rings is 1. The van der Waals surface area contributed by atoms with E-state index in [2.05, 4.69) is 0 Å². The highest BCUT2D eigenvalue weighted by Crippen LogP contribution is 2.16. The number of rotatable bonds is 7. The van der Waals surface area contributed by atoms with Gasteiger partial charge in [-0.25, -0.2) is 4.39 Å². The number of aliphatic hydroxyl groups is 1. The highest BCUT2D eigenvalue weighted by Gasteiger charge is 2.01. The first-order chi connectivity index (χ1) is 7.76. The predicted molar refractivity (Wildman–Crippen MR) is 58.9 cm³/mol. The second kappa shape index (κ2) is 7.19. The average Bonchev–Trinajstić information content (AvgIpc) is 2.28. The van der Waals surface area contributed by atoms with Gasteiger partial charge in [-0.2, -0.15) is 0 Å². The summed E-state index contributed by atoms with van der Waals surface area (Å²) >= 11 is 0. The molecule has 16 heavy (non-hydrogen) atoms. The lowest BCUT2D eigenvalue weighted by Gasteiger charge is -2.08. The number of ether oxygens (including phenoxy) is 2. The minimum atomic E-state index is -0.406. The van der Waals surface area contributed by atoms with Crippen LogP contribution in [0.2, 0.25) is 0 Å². The molecule has 0 spiro atoms. The largest absolute Gasteiger partial charge is 0.491 e. The lowest BCUT2D eigenvalue weighted by atomic mass is 10.2. The molecule has 1 aromatic rings. The van der Waals surface area contributed by atoms with Crippen molar-refractivity contribution in [1.82, 2.24) is 0 Å². The Balaban J connectivity index is 2.38. The molecule has 0 fully saturated rings. The van der Waals surface area contributed by atoms with Crippen LogP contribution in [0.15, 0.2) is 18.2 Å². The van der Waals surface area contributed by atoms with Crippen LogP contribution in [0, 0.1) is 5.82 Å². The van der Waals surface area contributed by atoms with E-state index < -0.39 is 5.82 Å². The van der Waals surface area contributed by atoms with E-state index in [0.717, 1.165) is 6.42 Å². The molecule has 0 saturated heterocycles. The first-order valence-electron chi connectivity index (χ1n) is 5.37. The molecule has 0 heterocycles. The third-order valence-electron chi connectivity index (χ3n) is 1.96. The van der Waals surface area contributed by atoms with Crippen molar-refractivity contribution >= 4 is 0 Å². The van der Waals surface area contributed by atoms with Gasteiger partial charge in [-0.3, -0.25) is 0 Å². The Kier molecular flexibility index (Phi) is 5.82. The molecule has 0 aliphatic heterocycles. The number of hydrogen-bond donors (Lipinski definition) is 1. The molecule has 0 saturated carbocycles. The summed E-state index contributed by atoms with van der Waals surface area (Å²) in [6, 6.07) is 4.18. The zero-order valence-electron chi connectivity index (χ0n) is 9.41. The fourth-order valence-corrected chi connectivity index (χ4v) is 1.26. The molecule has 0 aromatic heterocycles. The highest BCUT2D eigenvalue weighted by molar-refractivity contribution is 5.29. The molecule has 0 aliphatic carbocycles. The van der Waals surface area contributed by atoms with E-state index in [-0.39, 0.29) is 6.61 Å². The van der Waals surface area contributed by atoms with Gasteiger partial charge in [-0.05, 0) is 24.1 Å². The zero-order valence-corrected chi connectivity index (χ0v) is 9.41. The third kappa shape index (κ3) is 4.59. The van der Waals surface area contributed by atoms with E-state index in [1.54, 1.807) is 6.07 Å². The van der Waals surface area contributed by atoms with Gasteiger partial charge in [0.15, 0.2) is 0 Å². The van der Waals surface area contributed by atoms with Crippen molar-refractivity contribution in [2.24, 2.45) is 0 Å². The van der Waals surface area contributed by atoms with Gasteiger partial charge in [0.1, 0.15) is 18.2 Å². The van der Waals surface area contributed by atoms with Gasteiger partial charge >= 0.3 is 0 Å². The maximum Gasteiger partial charge on any atom is 0.127 e. The number of halogens is 1. The SMILES string of the molecule is CCCOCCOc1cc(F)cc(CO)c1. The Hall–Kier alpha value is -1.13. The summed E-state index contributed by atoms with van der Waals surface area (Å²) in [5.41, 5.74) is 0.504. The van der Waals surface area contributed by atoms with Gasteiger partial charge in [0.05, 0.1) is 13.2 Å². The monoisotopic (exact) mass is 228 g/mol. The predicted octanol–water partition coefficient (Wildman–Crippen LogP) is 2.12. The van der Waals surface area contributed by atoms with Crippen molar-refractivity contribution in [2.45, 2.75) is 20.0 Å². The summed E-state index contributed by atoms with van der Waals surface area (Å²) in [4.78, 5) is 0. The smallest absolute Gasteiger partial charge is 0.127 e. The Morgan fingerprint density at radius 1 is 1.19 bits per heavy atom. The van der Waals surface area contributed by atoms with E-state index in [0.29, 0.717) is 31.1 Å². The van der Waals surface area contributed by atoms with Crippen LogP contribution in [0.25, 0.3) is 0 Å². The molecule has 1 N–H and O–H groups in total. The van der Waals surface area contributed by atoms with E-state index >= 15 is 0 Å². The maximum absolute atomic E-state index is 13.0. The molecule has 90 valence electrons. The first-order valence-corrected chi connectivity index (χ1v) is 5.37. The summed E-state index contributed by atoms with van der Waals surface area (Å²) in [7, 11) is 0. The van der Waals surface area contributed by atoms with Crippen molar-refractivity contribution in [2.75, 3.05) is 19.8 Å². The second-order valence-electron chi connectivity index (χ2n) is 3.41. The minimum absolute atomic E-state index is 0.194. The van der Waals surface area contributed by atoms with Crippen molar-refractivity contribution < 1.29 is 19.0 Å². The summed E-state index contributed by atoms with van der Waals surface area (Å²) in [6.45, 7) is 3.41. The normalized spacial score (nSPS) is 10.4. The lowest BCUT2D eigenvalue weighted by molar-refractivity contribution is 0.100. The van der Waals surface area contributed by atoms with Gasteiger partial charge in [0, 0.05) is 12.7 Å². The molecule has 0 bridgehead atoms. The average molecular weight is 228 g/mol. The van der Waals surface area contributed by atoms with Gasteiger partial charge < -0.3 is 14.6 Å². The van der Waals surface area contributed by atoms with Crippen LogP contribution in [0.4, 0.5) is 4.39 Å². The number of aliphatic hydroxyl groups excluding tert-OH is 1. The molecule has 1 aromatic carbocycles. The highest BCUT2D eigenvalue weighted by atomic mass is 19.1. The summed E-state index contributed by atoms with van der Waals surface area (Å²) in [6.07, 6.45) is 0.967. The number of hydrogen-bond acceptors (Lipinski definition) is 3. The minimum Gasteiger partial charge on any atom is -0.491 e. The Labute approximate surface area is 94.8 Å². The molecule has 3 nitrogen and oxygen atoms in total. The zero-order chi connectivity index (χ0) is 11.8. The van der Waals surface area contributed by atoms with Crippen molar-refractivity contribution in [1.29, 1.82) is 0 Å². The molecule has 0 atom stereocenters. The van der Waals surface area contributed by atoms with E-state index in [1.807, 2.05) is 6.92 Å². The molecular formula is C12H17FO3. The van der Waals surface area contributed by atoms with Crippen LogP contribution in [-0.2, 0) is 11.3 Å². The van der Waals surface area contributed by atoms with Crippen LogP contribution in [0.1, 0.15) is 18.9 Å². The molecule has 0 aliphatic rings. The maximum atomic E-state index is 13.0. The summed E-state index contributed by atoms with van der Waals surface area (Å²) in [5, 5.41) is 8.88. The molecule has 0 radical (unpaired) electrons.